The first-order valence-electron chi connectivity index (χ1n) is 4.84. The Morgan fingerprint density at radius 3 is 2.82 bits per heavy atom. The van der Waals surface area contributed by atoms with Crippen molar-refractivity contribution in [1.82, 2.24) is 10.2 Å². The fraction of sp³-hybridized carbons (Fsp3) is 0.0909. The van der Waals surface area contributed by atoms with Crippen molar-refractivity contribution in [3.05, 3.63) is 45.6 Å². The van der Waals surface area contributed by atoms with E-state index in [1.165, 1.54) is 6.07 Å². The van der Waals surface area contributed by atoms with Gasteiger partial charge in [0, 0.05) is 6.07 Å². The highest BCUT2D eigenvalue weighted by atomic mass is 16.6. The van der Waals surface area contributed by atoms with Gasteiger partial charge in [0.05, 0.1) is 16.2 Å². The Morgan fingerprint density at radius 2 is 2.18 bits per heavy atom. The first kappa shape index (κ1) is 10.8. The van der Waals surface area contributed by atoms with E-state index in [0.717, 1.165) is 0 Å². The lowest BCUT2D eigenvalue weighted by Gasteiger charge is -1.99. The van der Waals surface area contributed by atoms with Crippen LogP contribution in [0, 0.1) is 28.4 Å². The average molecular weight is 228 g/mol. The van der Waals surface area contributed by atoms with Gasteiger partial charge in [-0.25, -0.2) is 0 Å². The van der Waals surface area contributed by atoms with E-state index in [0.29, 0.717) is 22.5 Å². The van der Waals surface area contributed by atoms with E-state index < -0.39 is 4.92 Å². The molecule has 0 unspecified atom stereocenters. The second-order valence-corrected chi connectivity index (χ2v) is 3.46. The van der Waals surface area contributed by atoms with E-state index in [-0.39, 0.29) is 5.69 Å². The predicted molar refractivity (Wildman–Crippen MR) is 60.1 cm³/mol. The number of rotatable bonds is 2. The van der Waals surface area contributed by atoms with Gasteiger partial charge in [-0.05, 0) is 13.0 Å². The highest BCUT2D eigenvalue weighted by molar-refractivity contribution is 5.75. The molecule has 0 spiro atoms. The number of benzene rings is 1. The fourth-order valence-electron chi connectivity index (χ4n) is 1.59. The van der Waals surface area contributed by atoms with Crippen molar-refractivity contribution in [3.8, 4) is 17.3 Å². The number of nitrogens with zero attached hydrogens (tertiary/aromatic N) is 3. The lowest BCUT2D eigenvalue weighted by atomic mass is 10.1. The van der Waals surface area contributed by atoms with Crippen molar-refractivity contribution < 1.29 is 4.92 Å². The third kappa shape index (κ3) is 1.74. The zero-order chi connectivity index (χ0) is 12.4. The summed E-state index contributed by atoms with van der Waals surface area (Å²) in [5.41, 5.74) is 1.53. The fourth-order valence-corrected chi connectivity index (χ4v) is 1.59. The molecule has 0 aliphatic carbocycles. The van der Waals surface area contributed by atoms with E-state index in [1.54, 1.807) is 25.1 Å². The Morgan fingerprint density at radius 1 is 1.47 bits per heavy atom. The normalized spacial score (nSPS) is 9.88. The number of nitro groups is 1. The molecular weight excluding hydrogens is 220 g/mol. The van der Waals surface area contributed by atoms with E-state index in [2.05, 4.69) is 10.2 Å². The highest BCUT2D eigenvalue weighted by Crippen LogP contribution is 2.30. The van der Waals surface area contributed by atoms with E-state index in [9.17, 15) is 10.1 Å². The molecule has 2 rings (SSSR count). The second kappa shape index (κ2) is 4.06. The molecule has 0 saturated carbocycles. The first-order valence-corrected chi connectivity index (χ1v) is 4.84. The maximum atomic E-state index is 10.9. The summed E-state index contributed by atoms with van der Waals surface area (Å²) in [6, 6.07) is 8.21. The van der Waals surface area contributed by atoms with E-state index in [4.69, 9.17) is 5.26 Å². The number of nitriles is 1. The van der Waals surface area contributed by atoms with Crippen LogP contribution in [0.3, 0.4) is 0 Å². The molecule has 17 heavy (non-hydrogen) atoms. The summed E-state index contributed by atoms with van der Waals surface area (Å²) in [5.74, 6) is 0. The molecule has 84 valence electrons. The maximum Gasteiger partial charge on any atom is 0.278 e. The zero-order valence-electron chi connectivity index (χ0n) is 8.97. The minimum Gasteiger partial charge on any atom is -0.281 e. The molecule has 2 aromatic rings. The summed E-state index contributed by atoms with van der Waals surface area (Å²) in [5, 5.41) is 26.5. The van der Waals surface area contributed by atoms with Crippen molar-refractivity contribution in [1.29, 1.82) is 5.26 Å². The van der Waals surface area contributed by atoms with E-state index >= 15 is 0 Å². The molecule has 1 aromatic carbocycles. The Kier molecular flexibility index (Phi) is 2.58. The number of aryl methyl sites for hydroxylation is 1. The molecule has 0 aliphatic heterocycles. The third-order valence-electron chi connectivity index (χ3n) is 2.41. The van der Waals surface area contributed by atoms with Crippen LogP contribution in [-0.4, -0.2) is 15.1 Å². The van der Waals surface area contributed by atoms with Gasteiger partial charge in [-0.3, -0.25) is 15.2 Å². The van der Waals surface area contributed by atoms with Crippen molar-refractivity contribution in [2.24, 2.45) is 0 Å². The quantitative estimate of drug-likeness (QED) is 0.629. The highest BCUT2D eigenvalue weighted by Gasteiger charge is 2.20. The van der Waals surface area contributed by atoms with Gasteiger partial charge in [-0.15, -0.1) is 0 Å². The summed E-state index contributed by atoms with van der Waals surface area (Å²) in [6.45, 7) is 1.70. The number of H-pyrrole nitrogens is 1. The van der Waals surface area contributed by atoms with Crippen LogP contribution in [0.5, 0.6) is 0 Å². The SMILES string of the molecule is Cc1[nH]nc(-c2ccccc2[N+](=O)[O-])c1C#N. The first-order chi connectivity index (χ1) is 8.15. The molecule has 1 aromatic heterocycles. The number of aromatic amines is 1. The topological polar surface area (TPSA) is 95.6 Å². The van der Waals surface area contributed by atoms with Crippen LogP contribution in [0.2, 0.25) is 0 Å². The Hall–Kier alpha value is -2.68. The molecule has 0 fully saturated rings. The van der Waals surface area contributed by atoms with Gasteiger partial charge in [0.25, 0.3) is 5.69 Å². The van der Waals surface area contributed by atoms with Gasteiger partial charge in [-0.1, -0.05) is 12.1 Å². The second-order valence-electron chi connectivity index (χ2n) is 3.46. The number of hydrogen-bond acceptors (Lipinski definition) is 4. The molecule has 6 heteroatoms. The lowest BCUT2D eigenvalue weighted by Crippen LogP contribution is -1.93. The maximum absolute atomic E-state index is 10.9. The number of aromatic nitrogens is 2. The van der Waals surface area contributed by atoms with Crippen LogP contribution < -0.4 is 0 Å². The minimum absolute atomic E-state index is 0.0597. The number of nitro benzene ring substituents is 1. The van der Waals surface area contributed by atoms with Crippen molar-refractivity contribution >= 4 is 5.69 Å². The summed E-state index contributed by atoms with van der Waals surface area (Å²) in [7, 11) is 0. The molecule has 0 amide bonds. The van der Waals surface area contributed by atoms with Crippen LogP contribution in [0.15, 0.2) is 24.3 Å². The molecule has 0 saturated heterocycles. The van der Waals surface area contributed by atoms with Crippen LogP contribution in [0.1, 0.15) is 11.3 Å². The van der Waals surface area contributed by atoms with Crippen LogP contribution >= 0.6 is 0 Å². The summed E-state index contributed by atoms with van der Waals surface area (Å²) < 4.78 is 0. The molecule has 0 atom stereocenters. The number of nitrogens with one attached hydrogen (secondary N) is 1. The Balaban J connectivity index is 2.69. The average Bonchev–Trinajstić information content (AvgIpc) is 2.70. The van der Waals surface area contributed by atoms with Gasteiger partial charge in [0.2, 0.25) is 0 Å². The van der Waals surface area contributed by atoms with Crippen molar-refractivity contribution in [2.75, 3.05) is 0 Å². The third-order valence-corrected chi connectivity index (χ3v) is 2.41. The molecule has 0 radical (unpaired) electrons. The Bertz CT molecular complexity index is 625. The van der Waals surface area contributed by atoms with Gasteiger partial charge in [0.15, 0.2) is 0 Å². The van der Waals surface area contributed by atoms with Crippen LogP contribution in [0.4, 0.5) is 5.69 Å². The van der Waals surface area contributed by atoms with Crippen LogP contribution in [0.25, 0.3) is 11.3 Å². The lowest BCUT2D eigenvalue weighted by molar-refractivity contribution is -0.384. The molecule has 0 aliphatic rings. The van der Waals surface area contributed by atoms with Gasteiger partial charge >= 0.3 is 0 Å². The van der Waals surface area contributed by atoms with E-state index in [1.807, 2.05) is 6.07 Å². The monoisotopic (exact) mass is 228 g/mol. The molecule has 0 bridgehead atoms. The summed E-state index contributed by atoms with van der Waals surface area (Å²) in [6.07, 6.45) is 0. The number of hydrogen-bond donors (Lipinski definition) is 1. The van der Waals surface area contributed by atoms with Crippen LogP contribution in [-0.2, 0) is 0 Å². The van der Waals surface area contributed by atoms with Crippen molar-refractivity contribution in [2.45, 2.75) is 6.92 Å². The molecule has 6 nitrogen and oxygen atoms in total. The smallest absolute Gasteiger partial charge is 0.278 e. The molecule has 1 N–H and O–H groups in total. The van der Waals surface area contributed by atoms with Gasteiger partial charge in [-0.2, -0.15) is 10.4 Å². The van der Waals surface area contributed by atoms with Crippen molar-refractivity contribution in [3.63, 3.8) is 0 Å². The largest absolute Gasteiger partial charge is 0.281 e. The summed E-state index contributed by atoms with van der Waals surface area (Å²) >= 11 is 0. The number of para-hydroxylation sites is 1. The minimum atomic E-state index is -0.486. The van der Waals surface area contributed by atoms with Gasteiger partial charge in [0.1, 0.15) is 17.3 Å². The molecule has 1 heterocycles. The standard InChI is InChI=1S/C11H8N4O2/c1-7-9(6-12)11(14-13-7)8-4-2-3-5-10(8)15(16)17/h2-5H,1H3,(H,13,14). The zero-order valence-corrected chi connectivity index (χ0v) is 8.97. The summed E-state index contributed by atoms with van der Waals surface area (Å²) in [4.78, 5) is 10.4. The predicted octanol–water partition coefficient (Wildman–Crippen LogP) is 2.17. The Labute approximate surface area is 96.7 Å². The van der Waals surface area contributed by atoms with Gasteiger partial charge < -0.3 is 0 Å². The molecular formula is C11H8N4O2.